The van der Waals surface area contributed by atoms with Crippen molar-refractivity contribution in [2.24, 2.45) is 5.92 Å². The van der Waals surface area contributed by atoms with Gasteiger partial charge in [0.15, 0.2) is 0 Å². The van der Waals surface area contributed by atoms with Crippen LogP contribution in [0.4, 0.5) is 11.4 Å². The van der Waals surface area contributed by atoms with Crippen molar-refractivity contribution in [2.45, 2.75) is 45.1 Å². The molecule has 25 heavy (non-hydrogen) atoms. The van der Waals surface area contributed by atoms with Gasteiger partial charge in [0.1, 0.15) is 0 Å². The molecule has 1 saturated heterocycles. The summed E-state index contributed by atoms with van der Waals surface area (Å²) in [5, 5.41) is 0. The topological polar surface area (TPSA) is 6.48 Å². The van der Waals surface area contributed by atoms with Crippen molar-refractivity contribution in [1.82, 2.24) is 4.90 Å². The molecule has 0 bridgehead atoms. The molecule has 3 aliphatic rings. The number of rotatable bonds is 2. The van der Waals surface area contributed by atoms with E-state index in [9.17, 15) is 0 Å². The Labute approximate surface area is 151 Å². The lowest BCUT2D eigenvalue weighted by Gasteiger charge is -2.40. The number of hydrogen-bond acceptors (Lipinski definition) is 2. The van der Waals surface area contributed by atoms with Crippen molar-refractivity contribution in [3.63, 3.8) is 0 Å². The fourth-order valence-corrected chi connectivity index (χ4v) is 5.40. The number of benzene rings is 2. The highest BCUT2D eigenvalue weighted by Crippen LogP contribution is 2.52. The lowest BCUT2D eigenvalue weighted by Crippen LogP contribution is -2.46. The summed E-state index contributed by atoms with van der Waals surface area (Å²) < 4.78 is 0. The molecule has 0 aromatic heterocycles. The highest BCUT2D eigenvalue weighted by Gasteiger charge is 2.44. The molecule has 0 N–H and O–H groups in total. The van der Waals surface area contributed by atoms with Crippen LogP contribution in [-0.4, -0.2) is 30.6 Å². The van der Waals surface area contributed by atoms with E-state index in [-0.39, 0.29) is 0 Å². The Hall–Kier alpha value is -1.80. The van der Waals surface area contributed by atoms with Gasteiger partial charge in [-0.3, -0.25) is 0 Å². The van der Waals surface area contributed by atoms with E-state index in [1.165, 1.54) is 50.1 Å². The summed E-state index contributed by atoms with van der Waals surface area (Å²) in [4.78, 5) is 5.42. The fraction of sp³-hybridized carbons (Fsp3) is 0.478. The average molecular weight is 332 g/mol. The second kappa shape index (κ2) is 5.88. The van der Waals surface area contributed by atoms with Crippen LogP contribution in [0.25, 0.3) is 0 Å². The van der Waals surface area contributed by atoms with E-state index in [0.29, 0.717) is 12.0 Å². The van der Waals surface area contributed by atoms with Crippen LogP contribution in [0.1, 0.15) is 42.9 Å². The zero-order valence-electron chi connectivity index (χ0n) is 15.4. The Balaban J connectivity index is 1.60. The number of aryl methyl sites for hydroxylation is 2. The van der Waals surface area contributed by atoms with Crippen molar-refractivity contribution in [3.05, 3.63) is 59.2 Å². The Bertz CT molecular complexity index is 794. The summed E-state index contributed by atoms with van der Waals surface area (Å²) in [6, 6.07) is 16.8. The molecular formula is C23H28N2. The third-order valence-corrected chi connectivity index (χ3v) is 6.32. The normalized spacial score (nSPS) is 24.7. The van der Waals surface area contributed by atoms with Crippen LogP contribution in [-0.2, 0) is 12.8 Å². The number of anilines is 2. The van der Waals surface area contributed by atoms with Crippen molar-refractivity contribution >= 4 is 11.4 Å². The summed E-state index contributed by atoms with van der Waals surface area (Å²) in [7, 11) is 0. The van der Waals surface area contributed by atoms with Gasteiger partial charge in [0.25, 0.3) is 0 Å². The van der Waals surface area contributed by atoms with Crippen LogP contribution in [0, 0.1) is 5.92 Å². The van der Waals surface area contributed by atoms with Gasteiger partial charge in [0.2, 0.25) is 0 Å². The molecule has 0 saturated carbocycles. The van der Waals surface area contributed by atoms with Gasteiger partial charge in [0, 0.05) is 43.0 Å². The van der Waals surface area contributed by atoms with Crippen LogP contribution in [0.5, 0.6) is 0 Å². The van der Waals surface area contributed by atoms with Gasteiger partial charge in [-0.15, -0.1) is 0 Å². The van der Waals surface area contributed by atoms with Gasteiger partial charge in [-0.25, -0.2) is 0 Å². The van der Waals surface area contributed by atoms with Gasteiger partial charge >= 0.3 is 0 Å². The van der Waals surface area contributed by atoms with Crippen LogP contribution in [0.15, 0.2) is 42.5 Å². The number of piperidine rings is 1. The Morgan fingerprint density at radius 3 is 2.68 bits per heavy atom. The number of nitrogens with zero attached hydrogens (tertiary/aromatic N) is 2. The average Bonchev–Trinajstić information content (AvgIpc) is 2.83. The summed E-state index contributed by atoms with van der Waals surface area (Å²) in [6.45, 7) is 8.37. The number of para-hydroxylation sites is 2. The van der Waals surface area contributed by atoms with E-state index in [1.807, 2.05) is 0 Å². The maximum atomic E-state index is 2.73. The minimum Gasteiger partial charge on any atom is -0.337 e. The number of likely N-dealkylation sites (tertiary alicyclic amines) is 1. The summed E-state index contributed by atoms with van der Waals surface area (Å²) >= 11 is 0. The number of hydrogen-bond donors (Lipinski definition) is 0. The first kappa shape index (κ1) is 15.5. The predicted molar refractivity (Wildman–Crippen MR) is 105 cm³/mol. The van der Waals surface area contributed by atoms with E-state index in [1.54, 1.807) is 16.8 Å². The molecular weight excluding hydrogens is 304 g/mol. The monoisotopic (exact) mass is 332 g/mol. The minimum absolute atomic E-state index is 0.638. The third kappa shape index (κ3) is 2.42. The molecule has 2 atom stereocenters. The first-order valence-electron chi connectivity index (χ1n) is 9.93. The van der Waals surface area contributed by atoms with E-state index >= 15 is 0 Å². The first-order valence-corrected chi connectivity index (χ1v) is 9.93. The summed E-state index contributed by atoms with van der Waals surface area (Å²) in [6.07, 6.45) is 3.62. The number of fused-ring (bicyclic) bond motifs is 5. The SMILES string of the molecule is CC(C)CN1CCC2C(C1)c1cccc3c1N2c1ccccc1CC3. The molecule has 0 radical (unpaired) electrons. The smallest absolute Gasteiger partial charge is 0.0483 e. The van der Waals surface area contributed by atoms with E-state index in [4.69, 9.17) is 0 Å². The molecule has 5 rings (SSSR count). The quantitative estimate of drug-likeness (QED) is 0.783. The van der Waals surface area contributed by atoms with E-state index in [2.05, 4.69) is 66.1 Å². The van der Waals surface area contributed by atoms with Crippen LogP contribution >= 0.6 is 0 Å². The molecule has 2 heteroatoms. The van der Waals surface area contributed by atoms with Crippen molar-refractivity contribution < 1.29 is 0 Å². The van der Waals surface area contributed by atoms with Crippen LogP contribution in [0.2, 0.25) is 0 Å². The molecule has 0 spiro atoms. The molecule has 2 nitrogen and oxygen atoms in total. The second-order valence-electron chi connectivity index (χ2n) is 8.47. The highest BCUT2D eigenvalue weighted by atomic mass is 15.2. The second-order valence-corrected chi connectivity index (χ2v) is 8.47. The standard InChI is InChI=1S/C23H28N2/c1-16(2)14-24-13-12-22-20(15-24)19-8-5-7-18-11-10-17-6-3-4-9-21(17)25(22)23(18)19/h3-9,16,20,22H,10-15H2,1-2H3. The van der Waals surface area contributed by atoms with Crippen LogP contribution in [0.3, 0.4) is 0 Å². The lowest BCUT2D eigenvalue weighted by atomic mass is 9.87. The lowest BCUT2D eigenvalue weighted by molar-refractivity contribution is 0.178. The Morgan fingerprint density at radius 2 is 1.80 bits per heavy atom. The van der Waals surface area contributed by atoms with Gasteiger partial charge in [0.05, 0.1) is 0 Å². The van der Waals surface area contributed by atoms with Crippen molar-refractivity contribution in [3.8, 4) is 0 Å². The van der Waals surface area contributed by atoms with Crippen LogP contribution < -0.4 is 4.90 Å². The molecule has 0 amide bonds. The highest BCUT2D eigenvalue weighted by molar-refractivity contribution is 5.79. The van der Waals surface area contributed by atoms with Gasteiger partial charge in [-0.05, 0) is 47.9 Å². The molecule has 2 aromatic carbocycles. The molecule has 3 aliphatic heterocycles. The van der Waals surface area contributed by atoms with Gasteiger partial charge in [-0.1, -0.05) is 50.2 Å². The molecule has 0 aliphatic carbocycles. The van der Waals surface area contributed by atoms with Crippen molar-refractivity contribution in [2.75, 3.05) is 24.5 Å². The third-order valence-electron chi connectivity index (χ3n) is 6.32. The largest absolute Gasteiger partial charge is 0.337 e. The zero-order valence-corrected chi connectivity index (χ0v) is 15.4. The fourth-order valence-electron chi connectivity index (χ4n) is 5.40. The first-order chi connectivity index (χ1) is 12.2. The van der Waals surface area contributed by atoms with Gasteiger partial charge in [-0.2, -0.15) is 0 Å². The van der Waals surface area contributed by atoms with Crippen molar-refractivity contribution in [1.29, 1.82) is 0 Å². The zero-order chi connectivity index (χ0) is 17.0. The molecule has 2 unspecified atom stereocenters. The van der Waals surface area contributed by atoms with Gasteiger partial charge < -0.3 is 9.80 Å². The van der Waals surface area contributed by atoms with E-state index in [0.717, 1.165) is 5.92 Å². The predicted octanol–water partition coefficient (Wildman–Crippen LogP) is 4.75. The molecule has 2 aromatic rings. The Kier molecular flexibility index (Phi) is 3.63. The summed E-state index contributed by atoms with van der Waals surface area (Å²) in [5.74, 6) is 1.41. The Morgan fingerprint density at radius 1 is 1.00 bits per heavy atom. The minimum atomic E-state index is 0.638. The molecule has 1 fully saturated rings. The maximum Gasteiger partial charge on any atom is 0.0483 e. The molecule has 130 valence electrons. The maximum absolute atomic E-state index is 2.73. The van der Waals surface area contributed by atoms with E-state index < -0.39 is 0 Å². The summed E-state index contributed by atoms with van der Waals surface area (Å²) in [5.41, 5.74) is 7.70. The molecule has 3 heterocycles.